The van der Waals surface area contributed by atoms with Crippen LogP contribution < -0.4 is 19.1 Å². The number of carbonyl (C=O) groups is 2. The second-order valence-corrected chi connectivity index (χ2v) is 7.67. The molecule has 3 aromatic carbocycles. The molecule has 1 saturated heterocycles. The van der Waals surface area contributed by atoms with Crippen molar-refractivity contribution in [1.29, 1.82) is 5.26 Å². The lowest BCUT2D eigenvalue weighted by Gasteiger charge is -2.25. The Bertz CT molecular complexity index is 1370. The van der Waals surface area contributed by atoms with Crippen LogP contribution in [0.2, 0.25) is 0 Å². The number of ether oxygens (including phenoxy) is 3. The predicted molar refractivity (Wildman–Crippen MR) is 121 cm³/mol. The molecule has 2 aliphatic rings. The minimum Gasteiger partial charge on any atom is -0.507 e. The number of nitriles is 1. The van der Waals surface area contributed by atoms with Crippen molar-refractivity contribution in [1.82, 2.24) is 0 Å². The van der Waals surface area contributed by atoms with E-state index in [2.05, 4.69) is 0 Å². The number of fused-ring (bicyclic) bond motifs is 1. The van der Waals surface area contributed by atoms with Gasteiger partial charge in [-0.3, -0.25) is 14.5 Å². The van der Waals surface area contributed by atoms with E-state index in [1.54, 1.807) is 66.7 Å². The maximum Gasteiger partial charge on any atom is 0.300 e. The monoisotopic (exact) mass is 454 g/mol. The van der Waals surface area contributed by atoms with Crippen LogP contribution in [-0.4, -0.2) is 30.7 Å². The molecule has 1 amide bonds. The molecule has 8 nitrogen and oxygen atoms in total. The molecule has 1 unspecified atom stereocenters. The third kappa shape index (κ3) is 3.40. The van der Waals surface area contributed by atoms with E-state index in [4.69, 9.17) is 19.5 Å². The number of hydrogen-bond acceptors (Lipinski definition) is 7. The summed E-state index contributed by atoms with van der Waals surface area (Å²) in [5.41, 5.74) is 1.71. The number of anilines is 1. The number of ketones is 1. The quantitative estimate of drug-likeness (QED) is 0.361. The summed E-state index contributed by atoms with van der Waals surface area (Å²) in [7, 11) is 1.54. The molecular weight excluding hydrogens is 436 g/mol. The highest BCUT2D eigenvalue weighted by Crippen LogP contribution is 2.43. The fourth-order valence-corrected chi connectivity index (χ4v) is 4.10. The van der Waals surface area contributed by atoms with Crippen molar-refractivity contribution in [3.63, 3.8) is 0 Å². The maximum atomic E-state index is 13.2. The highest BCUT2D eigenvalue weighted by Gasteiger charge is 2.47. The number of amides is 1. The van der Waals surface area contributed by atoms with Crippen molar-refractivity contribution in [2.45, 2.75) is 6.04 Å². The summed E-state index contributed by atoms with van der Waals surface area (Å²) in [6.45, 7) is 0.0640. The van der Waals surface area contributed by atoms with E-state index in [0.717, 1.165) is 0 Å². The van der Waals surface area contributed by atoms with Gasteiger partial charge in [-0.15, -0.1) is 0 Å². The third-order valence-electron chi connectivity index (χ3n) is 5.80. The molecule has 0 saturated carbocycles. The zero-order chi connectivity index (χ0) is 23.8. The molecule has 5 rings (SSSR count). The van der Waals surface area contributed by atoms with Crippen molar-refractivity contribution in [2.24, 2.45) is 0 Å². The lowest BCUT2D eigenvalue weighted by molar-refractivity contribution is -0.132. The fraction of sp³-hybridized carbons (Fsp3) is 0.115. The second-order valence-electron chi connectivity index (χ2n) is 7.67. The Morgan fingerprint density at radius 2 is 1.74 bits per heavy atom. The summed E-state index contributed by atoms with van der Waals surface area (Å²) in [6.07, 6.45) is 0. The topological polar surface area (TPSA) is 109 Å². The van der Waals surface area contributed by atoms with E-state index in [0.29, 0.717) is 39.6 Å². The second kappa shape index (κ2) is 8.30. The van der Waals surface area contributed by atoms with Crippen molar-refractivity contribution < 1.29 is 28.9 Å². The number of methoxy groups -OCH3 is 1. The van der Waals surface area contributed by atoms with Gasteiger partial charge in [0.05, 0.1) is 30.4 Å². The van der Waals surface area contributed by atoms with E-state index in [-0.39, 0.29) is 18.1 Å². The Balaban J connectivity index is 1.68. The Morgan fingerprint density at radius 3 is 2.41 bits per heavy atom. The van der Waals surface area contributed by atoms with Gasteiger partial charge in [0.25, 0.3) is 11.7 Å². The lowest BCUT2D eigenvalue weighted by Crippen LogP contribution is -2.29. The minimum absolute atomic E-state index is 0.0570. The first-order valence-electron chi connectivity index (χ1n) is 10.4. The van der Waals surface area contributed by atoms with Gasteiger partial charge in [-0.25, -0.2) is 0 Å². The molecule has 34 heavy (non-hydrogen) atoms. The number of Topliss-reactive ketones (excluding diaryl/α,β-unsaturated/α-hetero) is 1. The molecule has 2 heterocycles. The molecule has 2 aliphatic heterocycles. The molecule has 0 spiro atoms. The number of rotatable bonds is 4. The van der Waals surface area contributed by atoms with Gasteiger partial charge >= 0.3 is 0 Å². The molecule has 1 atom stereocenters. The third-order valence-corrected chi connectivity index (χ3v) is 5.80. The molecule has 0 radical (unpaired) electrons. The summed E-state index contributed by atoms with van der Waals surface area (Å²) in [6, 6.07) is 19.2. The smallest absolute Gasteiger partial charge is 0.300 e. The van der Waals surface area contributed by atoms with Crippen LogP contribution in [0.1, 0.15) is 22.7 Å². The molecule has 0 bridgehead atoms. The van der Waals surface area contributed by atoms with Crippen molar-refractivity contribution in [2.75, 3.05) is 18.8 Å². The molecule has 0 aliphatic carbocycles. The Morgan fingerprint density at radius 1 is 1.03 bits per heavy atom. The van der Waals surface area contributed by atoms with Crippen LogP contribution in [0.25, 0.3) is 5.76 Å². The zero-order valence-corrected chi connectivity index (χ0v) is 18.0. The van der Waals surface area contributed by atoms with Gasteiger partial charge in [0, 0.05) is 11.3 Å². The summed E-state index contributed by atoms with van der Waals surface area (Å²) in [4.78, 5) is 27.7. The average Bonchev–Trinajstić information content (AvgIpc) is 3.45. The molecule has 3 aromatic rings. The van der Waals surface area contributed by atoms with Crippen LogP contribution in [-0.2, 0) is 9.59 Å². The van der Waals surface area contributed by atoms with Crippen molar-refractivity contribution in [3.8, 4) is 23.3 Å². The van der Waals surface area contributed by atoms with E-state index in [1.807, 2.05) is 6.07 Å². The van der Waals surface area contributed by atoms with E-state index < -0.39 is 17.7 Å². The lowest BCUT2D eigenvalue weighted by atomic mass is 9.95. The Hall–Kier alpha value is -4.77. The number of aliphatic hydroxyl groups is 1. The summed E-state index contributed by atoms with van der Waals surface area (Å²) in [5, 5.41) is 20.4. The van der Waals surface area contributed by atoms with Gasteiger partial charge in [0.1, 0.15) is 11.5 Å². The summed E-state index contributed by atoms with van der Waals surface area (Å²) in [5.74, 6) is -0.357. The largest absolute Gasteiger partial charge is 0.507 e. The molecular formula is C26H18N2O6. The molecule has 0 aromatic heterocycles. The summed E-state index contributed by atoms with van der Waals surface area (Å²) < 4.78 is 15.9. The minimum atomic E-state index is -0.899. The first kappa shape index (κ1) is 21.1. The van der Waals surface area contributed by atoms with E-state index in [9.17, 15) is 14.7 Å². The first-order chi connectivity index (χ1) is 16.5. The van der Waals surface area contributed by atoms with Crippen LogP contribution in [0.15, 0.2) is 72.3 Å². The highest BCUT2D eigenvalue weighted by atomic mass is 16.7. The normalized spacial score (nSPS) is 18.1. The van der Waals surface area contributed by atoms with Crippen LogP contribution in [0.4, 0.5) is 5.69 Å². The Kier molecular flexibility index (Phi) is 5.15. The predicted octanol–water partition coefficient (Wildman–Crippen LogP) is 3.92. The SMILES string of the molecule is COc1ccc(C2/C(=C(/O)c3ccc4c(c3)OCO4)C(=O)C(=O)N2c2ccc(C#N)cc2)cc1. The van der Waals surface area contributed by atoms with Crippen molar-refractivity contribution in [3.05, 3.63) is 89.0 Å². The average molecular weight is 454 g/mol. The van der Waals surface area contributed by atoms with E-state index in [1.165, 1.54) is 12.0 Å². The van der Waals surface area contributed by atoms with Crippen LogP contribution in [0.3, 0.4) is 0 Å². The number of nitrogens with zero attached hydrogens (tertiary/aromatic N) is 2. The van der Waals surface area contributed by atoms with Crippen molar-refractivity contribution >= 4 is 23.1 Å². The van der Waals surface area contributed by atoms with Gasteiger partial charge in [0.2, 0.25) is 6.79 Å². The number of carbonyl (C=O) groups excluding carboxylic acids is 2. The van der Waals surface area contributed by atoms with Crippen LogP contribution in [0, 0.1) is 11.3 Å². The molecule has 1 N–H and O–H groups in total. The first-order valence-corrected chi connectivity index (χ1v) is 10.4. The van der Waals surface area contributed by atoms with Gasteiger partial charge < -0.3 is 19.3 Å². The number of hydrogen-bond donors (Lipinski definition) is 1. The zero-order valence-electron chi connectivity index (χ0n) is 18.0. The van der Waals surface area contributed by atoms with Crippen LogP contribution >= 0.6 is 0 Å². The van der Waals surface area contributed by atoms with Gasteiger partial charge in [-0.05, 0) is 60.2 Å². The molecule has 168 valence electrons. The standard InChI is InChI=1S/C26H18N2O6/c1-32-19-9-4-16(5-10-19)23-22(24(29)17-6-11-20-21(12-17)34-14-33-20)25(30)26(31)28(23)18-7-2-15(13-27)3-8-18/h2-12,23,29H,14H2,1H3/b24-22-. The fourth-order valence-electron chi connectivity index (χ4n) is 4.10. The van der Waals surface area contributed by atoms with Gasteiger partial charge in [0.15, 0.2) is 11.5 Å². The number of aliphatic hydroxyl groups excluding tert-OH is 1. The van der Waals surface area contributed by atoms with Crippen LogP contribution in [0.5, 0.6) is 17.2 Å². The highest BCUT2D eigenvalue weighted by molar-refractivity contribution is 6.51. The summed E-state index contributed by atoms with van der Waals surface area (Å²) >= 11 is 0. The Labute approximate surface area is 194 Å². The van der Waals surface area contributed by atoms with Gasteiger partial charge in [-0.2, -0.15) is 5.26 Å². The number of benzene rings is 3. The van der Waals surface area contributed by atoms with E-state index >= 15 is 0 Å². The maximum absolute atomic E-state index is 13.2. The molecule has 1 fully saturated rings. The van der Waals surface area contributed by atoms with Gasteiger partial charge in [-0.1, -0.05) is 12.1 Å². The molecule has 8 heteroatoms.